The fourth-order valence-corrected chi connectivity index (χ4v) is 4.25. The molecule has 108 valence electrons. The van der Waals surface area contributed by atoms with Crippen LogP contribution in [0, 0.1) is 29.4 Å². The molecule has 0 saturated heterocycles. The van der Waals surface area contributed by atoms with Crippen LogP contribution in [0.5, 0.6) is 0 Å². The van der Waals surface area contributed by atoms with Crippen LogP contribution in [0.4, 0.5) is 8.78 Å². The summed E-state index contributed by atoms with van der Waals surface area (Å²) >= 11 is 0. The summed E-state index contributed by atoms with van der Waals surface area (Å²) in [5, 5.41) is 0. The van der Waals surface area contributed by atoms with Crippen LogP contribution in [0.25, 0.3) is 0 Å². The van der Waals surface area contributed by atoms with Crippen molar-refractivity contribution in [1.29, 1.82) is 0 Å². The molecule has 2 fully saturated rings. The second-order valence-corrected chi connectivity index (χ2v) is 6.54. The van der Waals surface area contributed by atoms with E-state index in [1.165, 1.54) is 37.8 Å². The van der Waals surface area contributed by atoms with Crippen molar-refractivity contribution in [3.05, 3.63) is 48.1 Å². The fraction of sp³-hybridized carbons (Fsp3) is 0.556. The van der Waals surface area contributed by atoms with E-state index in [2.05, 4.69) is 12.7 Å². The van der Waals surface area contributed by atoms with E-state index in [4.69, 9.17) is 0 Å². The first kappa shape index (κ1) is 13.8. The molecule has 2 aliphatic rings. The minimum atomic E-state index is -0.447. The zero-order chi connectivity index (χ0) is 14.1. The zero-order valence-electron chi connectivity index (χ0n) is 11.8. The molecule has 3 rings (SSSR count). The van der Waals surface area contributed by atoms with Crippen molar-refractivity contribution in [3.8, 4) is 0 Å². The maximum atomic E-state index is 13.4. The fourth-order valence-electron chi connectivity index (χ4n) is 4.25. The number of allylic oxidation sites excluding steroid dienone is 1. The smallest absolute Gasteiger partial charge is 0.126 e. The van der Waals surface area contributed by atoms with Crippen molar-refractivity contribution in [2.75, 3.05) is 0 Å². The molecular formula is C18H22F2. The van der Waals surface area contributed by atoms with Crippen molar-refractivity contribution in [1.82, 2.24) is 0 Å². The molecule has 0 nitrogen and oxygen atoms in total. The summed E-state index contributed by atoms with van der Waals surface area (Å²) in [5.74, 6) is 1.65. The Bertz CT molecular complexity index is 474. The third-order valence-electron chi connectivity index (χ3n) is 5.34. The van der Waals surface area contributed by atoms with E-state index in [1.807, 2.05) is 0 Å². The number of fused-ring (bicyclic) bond motifs is 1. The van der Waals surface area contributed by atoms with Crippen molar-refractivity contribution in [3.63, 3.8) is 0 Å². The Morgan fingerprint density at radius 1 is 0.900 bits per heavy atom. The standard InChI is InChI=1S/C18H22F2/c1-2-12-3-4-14-8-15(6-5-13(14)7-12)16-9-17(19)11-18(20)10-16/h2,9-15H,1,3-8H2/t12-,13-,14-,15?/m1/s1. The van der Waals surface area contributed by atoms with Crippen LogP contribution >= 0.6 is 0 Å². The molecule has 0 aromatic heterocycles. The predicted octanol–water partition coefficient (Wildman–Crippen LogP) is 5.45. The number of rotatable bonds is 2. The Labute approximate surface area is 119 Å². The molecule has 0 N–H and O–H groups in total. The molecule has 0 radical (unpaired) electrons. The lowest BCUT2D eigenvalue weighted by Gasteiger charge is -2.41. The summed E-state index contributed by atoms with van der Waals surface area (Å²) in [6, 6.07) is 4.00. The molecule has 20 heavy (non-hydrogen) atoms. The second-order valence-electron chi connectivity index (χ2n) is 6.54. The minimum absolute atomic E-state index is 0.335. The molecule has 0 spiro atoms. The molecule has 2 saturated carbocycles. The summed E-state index contributed by atoms with van der Waals surface area (Å²) in [4.78, 5) is 0. The number of halogens is 2. The lowest BCUT2D eigenvalue weighted by molar-refractivity contribution is 0.133. The van der Waals surface area contributed by atoms with E-state index < -0.39 is 11.6 Å². The largest absolute Gasteiger partial charge is 0.207 e. The van der Waals surface area contributed by atoms with Gasteiger partial charge in [0.15, 0.2) is 0 Å². The Morgan fingerprint density at radius 3 is 2.25 bits per heavy atom. The molecule has 4 atom stereocenters. The van der Waals surface area contributed by atoms with Gasteiger partial charge in [-0.2, -0.15) is 0 Å². The Balaban J connectivity index is 1.71. The summed E-state index contributed by atoms with van der Waals surface area (Å²) in [6.45, 7) is 3.92. The third kappa shape index (κ3) is 2.79. The third-order valence-corrected chi connectivity index (χ3v) is 5.34. The molecule has 0 aliphatic heterocycles. The van der Waals surface area contributed by atoms with Gasteiger partial charge < -0.3 is 0 Å². The van der Waals surface area contributed by atoms with Gasteiger partial charge in [0.2, 0.25) is 0 Å². The summed E-state index contributed by atoms with van der Waals surface area (Å²) < 4.78 is 26.7. The SMILES string of the molecule is C=C[C@@H]1CC[C@@H]2CC(c3cc(F)cc(F)c3)CC[C@@H]2C1. The number of hydrogen-bond acceptors (Lipinski definition) is 0. The van der Waals surface area contributed by atoms with Gasteiger partial charge in [0.25, 0.3) is 0 Å². The predicted molar refractivity (Wildman–Crippen MR) is 77.5 cm³/mol. The van der Waals surface area contributed by atoms with E-state index in [0.29, 0.717) is 11.8 Å². The maximum absolute atomic E-state index is 13.4. The molecule has 0 heterocycles. The lowest BCUT2D eigenvalue weighted by atomic mass is 9.64. The van der Waals surface area contributed by atoms with Crippen molar-refractivity contribution in [2.45, 2.75) is 44.4 Å². The van der Waals surface area contributed by atoms with Gasteiger partial charge in [-0.3, -0.25) is 0 Å². The van der Waals surface area contributed by atoms with Crippen LogP contribution in [-0.2, 0) is 0 Å². The highest BCUT2D eigenvalue weighted by Gasteiger charge is 2.35. The molecule has 1 unspecified atom stereocenters. The highest BCUT2D eigenvalue weighted by molar-refractivity contribution is 5.22. The summed E-state index contributed by atoms with van der Waals surface area (Å²) in [7, 11) is 0. The maximum Gasteiger partial charge on any atom is 0.126 e. The second kappa shape index (κ2) is 5.67. The highest BCUT2D eigenvalue weighted by atomic mass is 19.1. The first-order valence-corrected chi connectivity index (χ1v) is 7.74. The van der Waals surface area contributed by atoms with Crippen LogP contribution < -0.4 is 0 Å². The first-order valence-electron chi connectivity index (χ1n) is 7.74. The van der Waals surface area contributed by atoms with Crippen LogP contribution in [0.1, 0.15) is 50.0 Å². The zero-order valence-corrected chi connectivity index (χ0v) is 11.8. The molecule has 2 heteroatoms. The topological polar surface area (TPSA) is 0 Å². The lowest BCUT2D eigenvalue weighted by Crippen LogP contribution is -2.30. The van der Waals surface area contributed by atoms with Crippen molar-refractivity contribution in [2.24, 2.45) is 17.8 Å². The normalized spacial score (nSPS) is 33.5. The van der Waals surface area contributed by atoms with Crippen molar-refractivity contribution < 1.29 is 8.78 Å². The number of benzene rings is 1. The monoisotopic (exact) mass is 276 g/mol. The van der Waals surface area contributed by atoms with Gasteiger partial charge in [0.1, 0.15) is 11.6 Å². The quantitative estimate of drug-likeness (QED) is 0.630. The van der Waals surface area contributed by atoms with Crippen LogP contribution in [0.2, 0.25) is 0 Å². The van der Waals surface area contributed by atoms with E-state index in [1.54, 1.807) is 0 Å². The highest BCUT2D eigenvalue weighted by Crippen LogP contribution is 2.47. The molecule has 2 aliphatic carbocycles. The average Bonchev–Trinajstić information content (AvgIpc) is 2.45. The molecule has 1 aromatic rings. The Kier molecular flexibility index (Phi) is 3.91. The van der Waals surface area contributed by atoms with Gasteiger partial charge in [-0.15, -0.1) is 6.58 Å². The Hall–Kier alpha value is -1.18. The molecule has 0 amide bonds. The molecular weight excluding hydrogens is 254 g/mol. The number of hydrogen-bond donors (Lipinski definition) is 0. The van der Waals surface area contributed by atoms with Gasteiger partial charge in [-0.05, 0) is 79.9 Å². The van der Waals surface area contributed by atoms with E-state index >= 15 is 0 Å². The van der Waals surface area contributed by atoms with Gasteiger partial charge in [-0.1, -0.05) is 6.08 Å². The van der Waals surface area contributed by atoms with E-state index in [-0.39, 0.29) is 0 Å². The molecule has 0 bridgehead atoms. The van der Waals surface area contributed by atoms with Gasteiger partial charge in [-0.25, -0.2) is 8.78 Å². The van der Waals surface area contributed by atoms with Gasteiger partial charge in [0, 0.05) is 6.07 Å². The Morgan fingerprint density at radius 2 is 1.55 bits per heavy atom. The molecule has 1 aromatic carbocycles. The van der Waals surface area contributed by atoms with Crippen molar-refractivity contribution >= 4 is 0 Å². The summed E-state index contributed by atoms with van der Waals surface area (Å²) in [6.07, 6.45) is 9.19. The summed E-state index contributed by atoms with van der Waals surface area (Å²) in [5.41, 5.74) is 0.854. The average molecular weight is 276 g/mol. The first-order chi connectivity index (χ1) is 9.65. The van der Waals surface area contributed by atoms with Crippen LogP contribution in [0.15, 0.2) is 30.9 Å². The van der Waals surface area contributed by atoms with Gasteiger partial charge >= 0.3 is 0 Å². The van der Waals surface area contributed by atoms with E-state index in [9.17, 15) is 8.78 Å². The van der Waals surface area contributed by atoms with Crippen LogP contribution in [-0.4, -0.2) is 0 Å². The van der Waals surface area contributed by atoms with E-state index in [0.717, 1.165) is 36.3 Å². The van der Waals surface area contributed by atoms with Gasteiger partial charge in [0.05, 0.1) is 0 Å². The minimum Gasteiger partial charge on any atom is -0.207 e. The van der Waals surface area contributed by atoms with Crippen LogP contribution in [0.3, 0.4) is 0 Å².